The first-order valence-corrected chi connectivity index (χ1v) is 12.3. The minimum absolute atomic E-state index is 0.00622. The normalized spacial score (nSPS) is 16.3. The number of hydrogen-bond donors (Lipinski definition) is 0. The Labute approximate surface area is 218 Å². The molecule has 1 saturated heterocycles. The summed E-state index contributed by atoms with van der Waals surface area (Å²) >= 11 is 6.25. The van der Waals surface area contributed by atoms with E-state index in [0.29, 0.717) is 31.0 Å². The fourth-order valence-corrected chi connectivity index (χ4v) is 5.77. The van der Waals surface area contributed by atoms with Crippen molar-refractivity contribution in [3.05, 3.63) is 77.9 Å². The molecular formula is C27H23ClN6O3. The summed E-state index contributed by atoms with van der Waals surface area (Å²) in [5, 5.41) is 2.45. The monoisotopic (exact) mass is 514 g/mol. The lowest BCUT2D eigenvalue weighted by Gasteiger charge is -2.37. The highest BCUT2D eigenvalue weighted by molar-refractivity contribution is 6.31. The highest BCUT2D eigenvalue weighted by Crippen LogP contribution is 2.48. The van der Waals surface area contributed by atoms with Crippen LogP contribution in [0.15, 0.2) is 61.6 Å². The summed E-state index contributed by atoms with van der Waals surface area (Å²) in [7, 11) is 1.37. The number of methoxy groups -OCH3 is 1. The molecule has 186 valence electrons. The number of halogens is 1. The number of hydrogen-bond acceptors (Lipinski definition) is 7. The molecule has 10 heteroatoms. The zero-order valence-electron chi connectivity index (χ0n) is 20.1. The molecule has 1 fully saturated rings. The number of rotatable bonds is 3. The van der Waals surface area contributed by atoms with E-state index in [9.17, 15) is 9.59 Å². The van der Waals surface area contributed by atoms with E-state index in [4.69, 9.17) is 21.3 Å². The van der Waals surface area contributed by atoms with Gasteiger partial charge in [-0.2, -0.15) is 0 Å². The zero-order chi connectivity index (χ0) is 25.6. The van der Waals surface area contributed by atoms with Crippen molar-refractivity contribution in [1.82, 2.24) is 24.8 Å². The van der Waals surface area contributed by atoms with Gasteiger partial charge in [-0.05, 0) is 42.0 Å². The largest absolute Gasteiger partial charge is 0.453 e. The molecule has 2 amide bonds. The maximum atomic E-state index is 14.1. The average Bonchev–Trinajstić information content (AvgIpc) is 3.16. The van der Waals surface area contributed by atoms with Crippen LogP contribution in [0.25, 0.3) is 21.9 Å². The number of fused-ring (bicyclic) bond motifs is 3. The summed E-state index contributed by atoms with van der Waals surface area (Å²) in [5.41, 5.74) is 3.37. The minimum Gasteiger partial charge on any atom is -0.453 e. The Balaban J connectivity index is 1.42. The van der Waals surface area contributed by atoms with Gasteiger partial charge in [0.25, 0.3) is 0 Å². The van der Waals surface area contributed by atoms with E-state index >= 15 is 0 Å². The summed E-state index contributed by atoms with van der Waals surface area (Å²) in [6.45, 7) is 1.13. The number of pyridine rings is 2. The molecule has 1 spiro atoms. The highest BCUT2D eigenvalue weighted by atomic mass is 35.5. The van der Waals surface area contributed by atoms with Crippen molar-refractivity contribution in [3.8, 4) is 11.1 Å². The van der Waals surface area contributed by atoms with Crippen LogP contribution in [-0.2, 0) is 21.5 Å². The molecule has 0 bridgehead atoms. The average molecular weight is 515 g/mol. The van der Waals surface area contributed by atoms with Gasteiger partial charge < -0.3 is 14.5 Å². The first-order chi connectivity index (χ1) is 18.0. The molecule has 4 aromatic rings. The standard InChI is InChI=1S/C27H23ClN6O3/c1-37-26(36)33-8-5-27(6-9-33)21-4-7-29-14-23(21)34(25(27)35)15-22-24(18-11-30-16-31-12-18)20-3-2-19(28)10-17(20)13-32-22/h2-4,7,10-14,16H,5-6,8-9,15H2,1H3. The van der Waals surface area contributed by atoms with E-state index in [1.807, 2.05) is 24.3 Å². The Morgan fingerprint density at radius 2 is 1.86 bits per heavy atom. The Hall–Kier alpha value is -4.11. The maximum absolute atomic E-state index is 14.1. The minimum atomic E-state index is -0.719. The Kier molecular flexibility index (Phi) is 5.72. The maximum Gasteiger partial charge on any atom is 0.409 e. The second kappa shape index (κ2) is 9.08. The quantitative estimate of drug-likeness (QED) is 0.399. The molecule has 0 aliphatic carbocycles. The number of likely N-dealkylation sites (tertiary alicyclic amines) is 1. The van der Waals surface area contributed by atoms with Crippen molar-refractivity contribution < 1.29 is 14.3 Å². The van der Waals surface area contributed by atoms with Gasteiger partial charge in [-0.25, -0.2) is 14.8 Å². The summed E-state index contributed by atoms with van der Waals surface area (Å²) in [4.78, 5) is 47.1. The molecule has 5 heterocycles. The number of ether oxygens (including phenoxy) is 1. The van der Waals surface area contributed by atoms with Crippen LogP contribution in [0.1, 0.15) is 24.1 Å². The van der Waals surface area contributed by atoms with E-state index in [1.54, 1.807) is 40.8 Å². The summed E-state index contributed by atoms with van der Waals surface area (Å²) < 4.78 is 4.89. The number of amides is 2. The lowest BCUT2D eigenvalue weighted by molar-refractivity contribution is -0.124. The van der Waals surface area contributed by atoms with Crippen molar-refractivity contribution >= 4 is 40.1 Å². The van der Waals surface area contributed by atoms with Gasteiger partial charge in [0.1, 0.15) is 6.33 Å². The zero-order valence-corrected chi connectivity index (χ0v) is 20.9. The third-order valence-corrected chi connectivity index (χ3v) is 7.63. The van der Waals surface area contributed by atoms with Crippen molar-refractivity contribution in [1.29, 1.82) is 0 Å². The summed E-state index contributed by atoms with van der Waals surface area (Å²) in [5.74, 6) is -0.00622. The molecule has 0 unspecified atom stereocenters. The smallest absolute Gasteiger partial charge is 0.409 e. The van der Waals surface area contributed by atoms with Crippen LogP contribution in [0.3, 0.4) is 0 Å². The molecule has 2 aliphatic heterocycles. The number of carbonyl (C=O) groups is 2. The van der Waals surface area contributed by atoms with Crippen molar-refractivity contribution in [2.24, 2.45) is 0 Å². The molecule has 37 heavy (non-hydrogen) atoms. The van der Waals surface area contributed by atoms with Crippen LogP contribution in [0.5, 0.6) is 0 Å². The first kappa shape index (κ1) is 23.3. The van der Waals surface area contributed by atoms with Gasteiger partial charge in [0.2, 0.25) is 5.91 Å². The first-order valence-electron chi connectivity index (χ1n) is 11.9. The van der Waals surface area contributed by atoms with Gasteiger partial charge in [0.05, 0.1) is 36.6 Å². The van der Waals surface area contributed by atoms with Crippen LogP contribution in [0.2, 0.25) is 5.02 Å². The third-order valence-electron chi connectivity index (χ3n) is 7.40. The topological polar surface area (TPSA) is 101 Å². The van der Waals surface area contributed by atoms with E-state index in [2.05, 4.69) is 15.0 Å². The molecule has 0 radical (unpaired) electrons. The van der Waals surface area contributed by atoms with Crippen molar-refractivity contribution in [2.75, 3.05) is 25.1 Å². The van der Waals surface area contributed by atoms with E-state index in [-0.39, 0.29) is 18.5 Å². The van der Waals surface area contributed by atoms with E-state index in [0.717, 1.165) is 38.8 Å². The van der Waals surface area contributed by atoms with Gasteiger partial charge >= 0.3 is 6.09 Å². The fourth-order valence-electron chi connectivity index (χ4n) is 5.58. The van der Waals surface area contributed by atoms with Crippen LogP contribution in [0, 0.1) is 0 Å². The van der Waals surface area contributed by atoms with Crippen LogP contribution < -0.4 is 4.90 Å². The van der Waals surface area contributed by atoms with E-state index < -0.39 is 5.41 Å². The van der Waals surface area contributed by atoms with Gasteiger partial charge in [0.15, 0.2) is 0 Å². The van der Waals surface area contributed by atoms with Crippen molar-refractivity contribution in [2.45, 2.75) is 24.8 Å². The van der Waals surface area contributed by atoms with Gasteiger partial charge in [-0.15, -0.1) is 0 Å². The predicted octanol–water partition coefficient (Wildman–Crippen LogP) is 4.39. The Bertz CT molecular complexity index is 1520. The number of nitrogens with zero attached hydrogens (tertiary/aromatic N) is 6. The molecule has 0 N–H and O–H groups in total. The fraction of sp³-hybridized carbons (Fsp3) is 0.259. The van der Waals surface area contributed by atoms with Crippen LogP contribution >= 0.6 is 11.6 Å². The molecule has 0 atom stereocenters. The number of piperidine rings is 1. The van der Waals surface area contributed by atoms with Gasteiger partial charge in [0, 0.05) is 59.4 Å². The molecule has 9 nitrogen and oxygen atoms in total. The summed E-state index contributed by atoms with van der Waals surface area (Å²) in [6.07, 6.45) is 10.8. The Morgan fingerprint density at radius 3 is 2.62 bits per heavy atom. The Morgan fingerprint density at radius 1 is 1.08 bits per heavy atom. The second-order valence-electron chi connectivity index (χ2n) is 9.26. The third kappa shape index (κ3) is 3.77. The predicted molar refractivity (Wildman–Crippen MR) is 138 cm³/mol. The molecule has 0 saturated carbocycles. The molecule has 6 rings (SSSR count). The molecule has 2 aliphatic rings. The van der Waals surface area contributed by atoms with Crippen LogP contribution in [0.4, 0.5) is 10.5 Å². The number of carbonyl (C=O) groups excluding carboxylic acids is 2. The van der Waals surface area contributed by atoms with Gasteiger partial charge in [-0.1, -0.05) is 17.7 Å². The summed E-state index contributed by atoms with van der Waals surface area (Å²) in [6, 6.07) is 7.58. The number of aromatic nitrogens is 4. The van der Waals surface area contributed by atoms with Gasteiger partial charge in [-0.3, -0.25) is 14.8 Å². The molecular weight excluding hydrogens is 492 g/mol. The highest BCUT2D eigenvalue weighted by Gasteiger charge is 2.52. The van der Waals surface area contributed by atoms with Crippen molar-refractivity contribution in [3.63, 3.8) is 0 Å². The molecule has 1 aromatic carbocycles. The van der Waals surface area contributed by atoms with E-state index in [1.165, 1.54) is 13.4 Å². The number of benzene rings is 1. The molecule has 3 aromatic heterocycles. The lowest BCUT2D eigenvalue weighted by atomic mass is 9.74. The SMILES string of the molecule is COC(=O)N1CCC2(CC1)C(=O)N(Cc1ncc3cc(Cl)ccc3c1-c1cncnc1)c1cnccc12. The lowest BCUT2D eigenvalue weighted by Crippen LogP contribution is -2.50. The number of anilines is 1. The second-order valence-corrected chi connectivity index (χ2v) is 9.70. The van der Waals surface area contributed by atoms with Crippen LogP contribution in [-0.4, -0.2) is 57.0 Å².